The number of rotatable bonds is 6. The Hall–Kier alpha value is -2.04. The molecular formula is C17H19ClN4O2S. The second kappa shape index (κ2) is 7.89. The predicted octanol–water partition coefficient (Wildman–Crippen LogP) is 3.93. The number of nitrogens with one attached hydrogen (secondary N) is 1. The Morgan fingerprint density at radius 1 is 1.32 bits per heavy atom. The third-order valence-electron chi connectivity index (χ3n) is 3.91. The lowest BCUT2D eigenvalue weighted by atomic mass is 9.90. The van der Waals surface area contributed by atoms with Crippen molar-refractivity contribution in [3.8, 4) is 17.5 Å². The highest BCUT2D eigenvalue weighted by Gasteiger charge is 2.32. The van der Waals surface area contributed by atoms with E-state index in [2.05, 4.69) is 21.6 Å². The molecule has 0 aliphatic rings. The number of hydrogen-bond donors (Lipinski definition) is 1. The van der Waals surface area contributed by atoms with Crippen LogP contribution in [0.15, 0.2) is 33.9 Å². The van der Waals surface area contributed by atoms with Gasteiger partial charge >= 0.3 is 0 Å². The molecule has 8 heteroatoms. The van der Waals surface area contributed by atoms with Crippen molar-refractivity contribution in [3.63, 3.8) is 0 Å². The van der Waals surface area contributed by atoms with Crippen LogP contribution in [0.25, 0.3) is 11.5 Å². The number of thioether (sulfide) groups is 1. The van der Waals surface area contributed by atoms with Gasteiger partial charge in [-0.15, -0.1) is 10.2 Å². The number of carbonyl (C=O) groups excluding carboxylic acids is 1. The molecule has 0 fully saturated rings. The minimum Gasteiger partial charge on any atom is -0.411 e. The molecule has 132 valence electrons. The largest absolute Gasteiger partial charge is 0.411 e. The van der Waals surface area contributed by atoms with Crippen molar-refractivity contribution in [1.29, 1.82) is 5.26 Å². The number of halogens is 1. The van der Waals surface area contributed by atoms with E-state index in [0.29, 0.717) is 10.9 Å². The number of hydrogen-bond acceptors (Lipinski definition) is 6. The van der Waals surface area contributed by atoms with Gasteiger partial charge in [-0.2, -0.15) is 5.26 Å². The highest BCUT2D eigenvalue weighted by Crippen LogP contribution is 2.27. The maximum absolute atomic E-state index is 12.4. The van der Waals surface area contributed by atoms with Crippen molar-refractivity contribution in [2.24, 2.45) is 5.92 Å². The highest BCUT2D eigenvalue weighted by atomic mass is 35.5. The van der Waals surface area contributed by atoms with E-state index in [1.54, 1.807) is 38.1 Å². The lowest BCUT2D eigenvalue weighted by Gasteiger charge is -2.28. The molecule has 2 atom stereocenters. The summed E-state index contributed by atoms with van der Waals surface area (Å²) in [6.07, 6.45) is 0. The summed E-state index contributed by atoms with van der Waals surface area (Å²) in [4.78, 5) is 12.4. The van der Waals surface area contributed by atoms with Gasteiger partial charge in [0.15, 0.2) is 0 Å². The molecule has 1 aromatic carbocycles. The fourth-order valence-electron chi connectivity index (χ4n) is 1.83. The van der Waals surface area contributed by atoms with Gasteiger partial charge in [-0.05, 0) is 44.0 Å². The summed E-state index contributed by atoms with van der Waals surface area (Å²) in [7, 11) is 0. The van der Waals surface area contributed by atoms with Gasteiger partial charge in [0.25, 0.3) is 5.22 Å². The first-order valence-corrected chi connectivity index (χ1v) is 9.00. The molecule has 0 saturated carbocycles. The van der Waals surface area contributed by atoms with Crippen LogP contribution in [-0.4, -0.2) is 26.9 Å². The molecule has 1 amide bonds. The molecular weight excluding hydrogens is 360 g/mol. The van der Waals surface area contributed by atoms with Crippen LogP contribution in [0.1, 0.15) is 27.7 Å². The fraction of sp³-hybridized carbons (Fsp3) is 0.412. The van der Waals surface area contributed by atoms with Crippen molar-refractivity contribution < 1.29 is 9.21 Å². The Morgan fingerprint density at radius 2 is 1.96 bits per heavy atom. The van der Waals surface area contributed by atoms with Gasteiger partial charge in [-0.3, -0.25) is 4.79 Å². The minimum atomic E-state index is -0.921. The first kappa shape index (κ1) is 19.3. The van der Waals surface area contributed by atoms with Gasteiger partial charge in [0.1, 0.15) is 5.54 Å². The second-order valence-electron chi connectivity index (χ2n) is 6.10. The van der Waals surface area contributed by atoms with E-state index in [1.165, 1.54) is 0 Å². The number of aromatic nitrogens is 2. The second-order valence-corrected chi connectivity index (χ2v) is 7.83. The molecule has 1 aromatic heterocycles. The maximum Gasteiger partial charge on any atom is 0.277 e. The standard InChI is InChI=1S/C17H19ClN4O2S/c1-10(2)17(4,9-19)20-14(23)11(3)25-16-22-21-15(24-16)12-5-7-13(18)8-6-12/h5-8,10-11H,1-4H3,(H,20,23)/t11-,17+/m0/s1. The average molecular weight is 379 g/mol. The summed E-state index contributed by atoms with van der Waals surface area (Å²) >= 11 is 7.00. The van der Waals surface area contributed by atoms with Crippen LogP contribution in [0, 0.1) is 17.2 Å². The zero-order valence-electron chi connectivity index (χ0n) is 14.4. The molecule has 0 spiro atoms. The van der Waals surface area contributed by atoms with E-state index < -0.39 is 10.8 Å². The van der Waals surface area contributed by atoms with Crippen molar-refractivity contribution in [2.45, 2.75) is 43.7 Å². The number of carbonyl (C=O) groups is 1. The highest BCUT2D eigenvalue weighted by molar-refractivity contribution is 8.00. The lowest BCUT2D eigenvalue weighted by molar-refractivity contribution is -0.121. The van der Waals surface area contributed by atoms with Crippen LogP contribution in [0.3, 0.4) is 0 Å². The zero-order chi connectivity index (χ0) is 18.6. The number of nitriles is 1. The molecule has 2 aromatic rings. The van der Waals surface area contributed by atoms with Crippen LogP contribution in [-0.2, 0) is 4.79 Å². The molecule has 25 heavy (non-hydrogen) atoms. The summed E-state index contributed by atoms with van der Waals surface area (Å²) < 4.78 is 5.59. The zero-order valence-corrected chi connectivity index (χ0v) is 16.0. The molecule has 0 saturated heterocycles. The summed E-state index contributed by atoms with van der Waals surface area (Å²) in [6.45, 7) is 7.21. The quantitative estimate of drug-likeness (QED) is 0.766. The van der Waals surface area contributed by atoms with Crippen LogP contribution < -0.4 is 5.32 Å². The monoisotopic (exact) mass is 378 g/mol. The topological polar surface area (TPSA) is 91.8 Å². The Bertz CT molecular complexity index is 785. The van der Waals surface area contributed by atoms with Crippen molar-refractivity contribution >= 4 is 29.3 Å². The fourth-order valence-corrected chi connectivity index (χ4v) is 2.64. The Balaban J connectivity index is 2.04. The Kier molecular flexibility index (Phi) is 6.09. The van der Waals surface area contributed by atoms with Gasteiger partial charge in [-0.25, -0.2) is 0 Å². The Morgan fingerprint density at radius 3 is 2.52 bits per heavy atom. The van der Waals surface area contributed by atoms with Crippen molar-refractivity contribution in [3.05, 3.63) is 29.3 Å². The number of nitrogens with zero attached hydrogens (tertiary/aromatic N) is 3. The third kappa shape index (κ3) is 4.74. The van der Waals surface area contributed by atoms with Crippen LogP contribution in [0.5, 0.6) is 0 Å². The summed E-state index contributed by atoms with van der Waals surface area (Å²) in [5.41, 5.74) is -0.174. The van der Waals surface area contributed by atoms with Gasteiger partial charge in [0.2, 0.25) is 11.8 Å². The van der Waals surface area contributed by atoms with Gasteiger partial charge < -0.3 is 9.73 Å². The van der Waals surface area contributed by atoms with Gasteiger partial charge in [0, 0.05) is 10.6 Å². The van der Waals surface area contributed by atoms with E-state index in [4.69, 9.17) is 16.0 Å². The molecule has 0 unspecified atom stereocenters. The molecule has 6 nitrogen and oxygen atoms in total. The van der Waals surface area contributed by atoms with E-state index in [0.717, 1.165) is 17.3 Å². The number of benzene rings is 1. The normalized spacial score (nSPS) is 14.6. The van der Waals surface area contributed by atoms with E-state index in [1.807, 2.05) is 13.8 Å². The van der Waals surface area contributed by atoms with E-state index >= 15 is 0 Å². The molecule has 0 bridgehead atoms. The summed E-state index contributed by atoms with van der Waals surface area (Å²) in [6, 6.07) is 9.18. The van der Waals surface area contributed by atoms with Gasteiger partial charge in [-0.1, -0.05) is 37.2 Å². The van der Waals surface area contributed by atoms with Crippen LogP contribution in [0.2, 0.25) is 5.02 Å². The first-order valence-electron chi connectivity index (χ1n) is 7.74. The van der Waals surface area contributed by atoms with E-state index in [9.17, 15) is 10.1 Å². The Labute approximate surface area is 156 Å². The lowest BCUT2D eigenvalue weighted by Crippen LogP contribution is -2.51. The molecule has 1 N–H and O–H groups in total. The van der Waals surface area contributed by atoms with Gasteiger partial charge in [0.05, 0.1) is 11.3 Å². The number of amides is 1. The van der Waals surface area contributed by atoms with Crippen molar-refractivity contribution in [1.82, 2.24) is 15.5 Å². The molecule has 0 radical (unpaired) electrons. The average Bonchev–Trinajstić information content (AvgIpc) is 3.03. The molecule has 2 rings (SSSR count). The molecule has 0 aliphatic heterocycles. The van der Waals surface area contributed by atoms with Crippen LogP contribution in [0.4, 0.5) is 0 Å². The van der Waals surface area contributed by atoms with Crippen molar-refractivity contribution in [2.75, 3.05) is 0 Å². The first-order chi connectivity index (χ1) is 11.7. The third-order valence-corrected chi connectivity index (χ3v) is 5.10. The molecule has 0 aliphatic carbocycles. The van der Waals surface area contributed by atoms with Crippen LogP contribution >= 0.6 is 23.4 Å². The maximum atomic E-state index is 12.4. The molecule has 1 heterocycles. The smallest absolute Gasteiger partial charge is 0.277 e. The summed E-state index contributed by atoms with van der Waals surface area (Å²) in [5.74, 6) is 0.0865. The predicted molar refractivity (Wildman–Crippen MR) is 97.1 cm³/mol. The van der Waals surface area contributed by atoms with E-state index in [-0.39, 0.29) is 17.0 Å². The SMILES string of the molecule is CC(C)[C@@](C)(C#N)NC(=O)[C@H](C)Sc1nnc(-c2ccc(Cl)cc2)o1. The summed E-state index contributed by atoms with van der Waals surface area (Å²) in [5, 5.41) is 20.5. The minimum absolute atomic E-state index is 0.0152.